The van der Waals surface area contributed by atoms with Crippen molar-refractivity contribution in [3.8, 4) is 11.5 Å². The molecule has 0 bridgehead atoms. The van der Waals surface area contributed by atoms with Crippen LogP contribution in [0.5, 0.6) is 0 Å². The molecule has 1 fully saturated rings. The molecular formula is C20H19ClN2O4. The van der Waals surface area contributed by atoms with Gasteiger partial charge in [-0.25, -0.2) is 4.98 Å². The number of rotatable bonds is 3. The van der Waals surface area contributed by atoms with Crippen molar-refractivity contribution in [2.24, 2.45) is 5.92 Å². The van der Waals surface area contributed by atoms with Gasteiger partial charge in [-0.1, -0.05) is 23.7 Å². The van der Waals surface area contributed by atoms with Gasteiger partial charge in [-0.3, -0.25) is 4.79 Å². The monoisotopic (exact) mass is 386 g/mol. The van der Waals surface area contributed by atoms with Crippen LogP contribution >= 0.6 is 11.6 Å². The molecule has 1 aromatic carbocycles. The van der Waals surface area contributed by atoms with Gasteiger partial charge in [0.25, 0.3) is 5.91 Å². The van der Waals surface area contributed by atoms with Crippen molar-refractivity contribution in [3.63, 3.8) is 0 Å². The van der Waals surface area contributed by atoms with Gasteiger partial charge in [-0.2, -0.15) is 0 Å². The SMILES string of the molecule is O=C(c1cc(-c2ccco2)nc2c(Cl)cccc12)N1CC[C@H](CO)[C@@H](O)C1. The summed E-state index contributed by atoms with van der Waals surface area (Å²) in [5, 5.41) is 20.6. The van der Waals surface area contributed by atoms with Gasteiger partial charge < -0.3 is 19.5 Å². The first-order chi connectivity index (χ1) is 13.1. The number of carbonyl (C=O) groups is 1. The second-order valence-corrected chi connectivity index (χ2v) is 7.13. The Kier molecular flexibility index (Phi) is 4.86. The van der Waals surface area contributed by atoms with Crippen LogP contribution in [-0.4, -0.2) is 51.8 Å². The van der Waals surface area contributed by atoms with Gasteiger partial charge in [0.15, 0.2) is 5.76 Å². The van der Waals surface area contributed by atoms with E-state index in [1.54, 1.807) is 41.5 Å². The van der Waals surface area contributed by atoms with Gasteiger partial charge in [0.05, 0.1) is 28.5 Å². The van der Waals surface area contributed by atoms with E-state index in [9.17, 15) is 15.0 Å². The molecule has 2 atom stereocenters. The maximum absolute atomic E-state index is 13.2. The normalized spacial score (nSPS) is 20.2. The maximum Gasteiger partial charge on any atom is 0.254 e. The topological polar surface area (TPSA) is 86.8 Å². The van der Waals surface area contributed by atoms with Crippen molar-refractivity contribution in [3.05, 3.63) is 53.2 Å². The van der Waals surface area contributed by atoms with E-state index in [0.717, 1.165) is 0 Å². The first-order valence-corrected chi connectivity index (χ1v) is 9.17. The molecule has 0 saturated carbocycles. The summed E-state index contributed by atoms with van der Waals surface area (Å²) in [6.07, 6.45) is 1.36. The minimum Gasteiger partial charge on any atom is -0.463 e. The Hall–Kier alpha value is -2.41. The number of benzene rings is 1. The fourth-order valence-corrected chi connectivity index (χ4v) is 3.71. The van der Waals surface area contributed by atoms with Crippen LogP contribution in [-0.2, 0) is 0 Å². The molecule has 4 rings (SSSR count). The molecule has 6 nitrogen and oxygen atoms in total. The molecule has 1 aliphatic heterocycles. The average Bonchev–Trinajstić information content (AvgIpc) is 3.22. The summed E-state index contributed by atoms with van der Waals surface area (Å²) in [4.78, 5) is 19.4. The average molecular weight is 387 g/mol. The smallest absolute Gasteiger partial charge is 0.254 e. The Morgan fingerprint density at radius 2 is 2.19 bits per heavy atom. The highest BCUT2D eigenvalue weighted by molar-refractivity contribution is 6.35. The van der Waals surface area contributed by atoms with E-state index < -0.39 is 6.10 Å². The summed E-state index contributed by atoms with van der Waals surface area (Å²) in [6.45, 7) is 0.575. The molecule has 27 heavy (non-hydrogen) atoms. The number of fused-ring (bicyclic) bond motifs is 1. The van der Waals surface area contributed by atoms with E-state index in [1.165, 1.54) is 0 Å². The molecule has 3 aromatic rings. The zero-order chi connectivity index (χ0) is 19.0. The molecule has 1 saturated heterocycles. The Labute approximate surface area is 161 Å². The van der Waals surface area contributed by atoms with E-state index in [-0.39, 0.29) is 25.0 Å². The van der Waals surface area contributed by atoms with E-state index in [0.29, 0.717) is 45.9 Å². The highest BCUT2D eigenvalue weighted by atomic mass is 35.5. The van der Waals surface area contributed by atoms with Crippen LogP contribution in [0.25, 0.3) is 22.4 Å². The van der Waals surface area contributed by atoms with Gasteiger partial charge in [0.2, 0.25) is 0 Å². The zero-order valence-corrected chi connectivity index (χ0v) is 15.3. The van der Waals surface area contributed by atoms with E-state index in [1.807, 2.05) is 6.07 Å². The summed E-state index contributed by atoms with van der Waals surface area (Å²) in [7, 11) is 0. The van der Waals surface area contributed by atoms with Crippen molar-refractivity contribution in [2.45, 2.75) is 12.5 Å². The lowest BCUT2D eigenvalue weighted by atomic mass is 9.94. The third-order valence-corrected chi connectivity index (χ3v) is 5.34. The number of amides is 1. The number of furan rings is 1. The lowest BCUT2D eigenvalue weighted by Gasteiger charge is -2.35. The molecule has 3 heterocycles. The van der Waals surface area contributed by atoms with Gasteiger partial charge in [0.1, 0.15) is 5.69 Å². The molecule has 2 aromatic heterocycles. The largest absolute Gasteiger partial charge is 0.463 e. The predicted octanol–water partition coefficient (Wildman–Crippen LogP) is 2.96. The summed E-state index contributed by atoms with van der Waals surface area (Å²) in [5.74, 6) is 0.147. The van der Waals surface area contributed by atoms with Crippen molar-refractivity contribution < 1.29 is 19.4 Å². The Bertz CT molecular complexity index is 974. The minimum atomic E-state index is -0.742. The Morgan fingerprint density at radius 1 is 1.33 bits per heavy atom. The van der Waals surface area contributed by atoms with E-state index in [4.69, 9.17) is 16.0 Å². The van der Waals surface area contributed by atoms with Crippen LogP contribution < -0.4 is 0 Å². The highest BCUT2D eigenvalue weighted by Crippen LogP contribution is 2.31. The van der Waals surface area contributed by atoms with Crippen LogP contribution in [0, 0.1) is 5.92 Å². The molecule has 2 N–H and O–H groups in total. The molecule has 1 aliphatic rings. The summed E-state index contributed by atoms with van der Waals surface area (Å²) < 4.78 is 5.44. The lowest BCUT2D eigenvalue weighted by Crippen LogP contribution is -2.47. The minimum absolute atomic E-state index is 0.0837. The molecular weight excluding hydrogens is 368 g/mol. The Balaban J connectivity index is 1.78. The molecule has 0 aliphatic carbocycles. The van der Waals surface area contributed by atoms with Crippen LogP contribution in [0.15, 0.2) is 47.1 Å². The summed E-state index contributed by atoms with van der Waals surface area (Å²) >= 11 is 6.33. The molecule has 140 valence electrons. The van der Waals surface area contributed by atoms with Crippen molar-refractivity contribution in [1.82, 2.24) is 9.88 Å². The molecule has 7 heteroatoms. The third kappa shape index (κ3) is 3.32. The number of aliphatic hydroxyl groups is 2. The van der Waals surface area contributed by atoms with Crippen molar-refractivity contribution in [1.29, 1.82) is 0 Å². The van der Waals surface area contributed by atoms with E-state index in [2.05, 4.69) is 4.98 Å². The quantitative estimate of drug-likeness (QED) is 0.722. The number of hydrogen-bond acceptors (Lipinski definition) is 5. The molecule has 0 unspecified atom stereocenters. The van der Waals surface area contributed by atoms with Crippen molar-refractivity contribution in [2.75, 3.05) is 19.7 Å². The van der Waals surface area contributed by atoms with Gasteiger partial charge >= 0.3 is 0 Å². The van der Waals surface area contributed by atoms with Crippen LogP contribution in [0.1, 0.15) is 16.8 Å². The van der Waals surface area contributed by atoms with Crippen molar-refractivity contribution >= 4 is 28.4 Å². The fourth-order valence-electron chi connectivity index (χ4n) is 3.49. The Morgan fingerprint density at radius 3 is 2.89 bits per heavy atom. The van der Waals surface area contributed by atoms with Gasteiger partial charge in [-0.05, 0) is 30.7 Å². The number of aliphatic hydroxyl groups excluding tert-OH is 2. The zero-order valence-electron chi connectivity index (χ0n) is 14.5. The fraction of sp³-hybridized carbons (Fsp3) is 0.300. The number of piperidine rings is 1. The number of pyridine rings is 1. The second-order valence-electron chi connectivity index (χ2n) is 6.72. The predicted molar refractivity (Wildman–Crippen MR) is 102 cm³/mol. The highest BCUT2D eigenvalue weighted by Gasteiger charge is 2.31. The molecule has 1 amide bonds. The summed E-state index contributed by atoms with van der Waals surface area (Å²) in [5.41, 5.74) is 1.51. The number of carbonyl (C=O) groups excluding carboxylic acids is 1. The van der Waals surface area contributed by atoms with Gasteiger partial charge in [-0.15, -0.1) is 0 Å². The number of nitrogens with zero attached hydrogens (tertiary/aromatic N) is 2. The number of para-hydroxylation sites is 1. The second kappa shape index (κ2) is 7.31. The van der Waals surface area contributed by atoms with Gasteiger partial charge in [0, 0.05) is 31.0 Å². The molecule has 0 radical (unpaired) electrons. The first kappa shape index (κ1) is 18.0. The van der Waals surface area contributed by atoms with Crippen LogP contribution in [0.2, 0.25) is 5.02 Å². The maximum atomic E-state index is 13.2. The third-order valence-electron chi connectivity index (χ3n) is 5.04. The molecule has 0 spiro atoms. The number of likely N-dealkylation sites (tertiary alicyclic amines) is 1. The standard InChI is InChI=1S/C20H19ClN2O4/c21-15-4-1-3-13-14(9-16(22-19(13)15)18-5-2-8-27-18)20(26)23-7-6-12(11-24)17(25)10-23/h1-5,8-9,12,17,24-25H,6-7,10-11H2/t12-,17+/m1/s1. The van der Waals surface area contributed by atoms with Crippen LogP contribution in [0.3, 0.4) is 0 Å². The summed E-state index contributed by atoms with van der Waals surface area (Å²) in [6, 6.07) is 10.5. The van der Waals surface area contributed by atoms with E-state index >= 15 is 0 Å². The number of aromatic nitrogens is 1. The number of β-amino-alcohol motifs (C(OH)–C–C–N with tert-alkyl or cyclic N) is 1. The lowest BCUT2D eigenvalue weighted by molar-refractivity contribution is 0.000951. The first-order valence-electron chi connectivity index (χ1n) is 8.80. The number of hydrogen-bond donors (Lipinski definition) is 2. The van der Waals surface area contributed by atoms with Crippen LogP contribution in [0.4, 0.5) is 0 Å². The number of halogens is 1.